The molecule has 0 bridgehead atoms. The van der Waals surface area contributed by atoms with Crippen LogP contribution in [-0.4, -0.2) is 11.5 Å². The van der Waals surface area contributed by atoms with Crippen LogP contribution in [0.2, 0.25) is 0 Å². The molecule has 0 fully saturated rings. The number of halogens is 1. The van der Waals surface area contributed by atoms with E-state index in [1.54, 1.807) is 0 Å². The topological polar surface area (TPSA) is 38.1 Å². The molecule has 2 heterocycles. The fourth-order valence-corrected chi connectivity index (χ4v) is 2.45. The standard InChI is InChI=1S/C13H13BrN2O/c1-8-9(3-2-4-10(8)14)13-16-11-7-15-6-5-12(11)17-13/h2-4,15H,5-7H2,1H3. The lowest BCUT2D eigenvalue weighted by atomic mass is 10.1. The Bertz CT molecular complexity index is 539. The molecule has 0 radical (unpaired) electrons. The molecule has 3 rings (SSSR count). The average molecular weight is 293 g/mol. The molecule has 1 aromatic heterocycles. The molecule has 0 saturated heterocycles. The zero-order chi connectivity index (χ0) is 11.8. The zero-order valence-electron chi connectivity index (χ0n) is 9.59. The Morgan fingerprint density at radius 3 is 3.12 bits per heavy atom. The van der Waals surface area contributed by atoms with Gasteiger partial charge in [-0.3, -0.25) is 0 Å². The molecule has 1 N–H and O–H groups in total. The van der Waals surface area contributed by atoms with Gasteiger partial charge in [0.2, 0.25) is 5.89 Å². The van der Waals surface area contributed by atoms with Crippen LogP contribution in [0.15, 0.2) is 27.1 Å². The lowest BCUT2D eigenvalue weighted by Gasteiger charge is -2.08. The summed E-state index contributed by atoms with van der Waals surface area (Å²) in [6.45, 7) is 3.85. The molecule has 0 atom stereocenters. The zero-order valence-corrected chi connectivity index (χ0v) is 11.2. The highest BCUT2D eigenvalue weighted by molar-refractivity contribution is 9.10. The van der Waals surface area contributed by atoms with E-state index in [1.807, 2.05) is 18.2 Å². The third-order valence-corrected chi connectivity index (χ3v) is 3.96. The molecule has 3 nitrogen and oxygen atoms in total. The highest BCUT2D eigenvalue weighted by Crippen LogP contribution is 2.30. The van der Waals surface area contributed by atoms with Gasteiger partial charge in [-0.1, -0.05) is 22.0 Å². The van der Waals surface area contributed by atoms with Crippen molar-refractivity contribution in [3.8, 4) is 11.5 Å². The van der Waals surface area contributed by atoms with Crippen LogP contribution in [0.4, 0.5) is 0 Å². The van der Waals surface area contributed by atoms with Crippen LogP contribution in [0, 0.1) is 6.92 Å². The largest absolute Gasteiger partial charge is 0.441 e. The van der Waals surface area contributed by atoms with Gasteiger partial charge in [-0.05, 0) is 24.6 Å². The van der Waals surface area contributed by atoms with Crippen LogP contribution in [0.5, 0.6) is 0 Å². The number of rotatable bonds is 1. The van der Waals surface area contributed by atoms with Crippen molar-refractivity contribution in [2.75, 3.05) is 6.54 Å². The van der Waals surface area contributed by atoms with E-state index in [9.17, 15) is 0 Å². The van der Waals surface area contributed by atoms with E-state index in [0.29, 0.717) is 0 Å². The second kappa shape index (κ2) is 4.27. The van der Waals surface area contributed by atoms with Gasteiger partial charge >= 0.3 is 0 Å². The third kappa shape index (κ3) is 1.91. The summed E-state index contributed by atoms with van der Waals surface area (Å²) in [4.78, 5) is 4.57. The molecule has 1 aliphatic heterocycles. The Morgan fingerprint density at radius 2 is 2.29 bits per heavy atom. The normalized spacial score (nSPS) is 14.7. The van der Waals surface area contributed by atoms with Crippen molar-refractivity contribution in [2.45, 2.75) is 19.9 Å². The van der Waals surface area contributed by atoms with E-state index >= 15 is 0 Å². The van der Waals surface area contributed by atoms with E-state index in [1.165, 1.54) is 5.56 Å². The second-order valence-electron chi connectivity index (χ2n) is 4.23. The van der Waals surface area contributed by atoms with Gasteiger partial charge in [-0.15, -0.1) is 0 Å². The van der Waals surface area contributed by atoms with Crippen molar-refractivity contribution in [3.63, 3.8) is 0 Å². The molecule has 0 unspecified atom stereocenters. The highest BCUT2D eigenvalue weighted by Gasteiger charge is 2.18. The Balaban J connectivity index is 2.09. The Morgan fingerprint density at radius 1 is 1.41 bits per heavy atom. The molecule has 1 aromatic carbocycles. The molecule has 17 heavy (non-hydrogen) atoms. The summed E-state index contributed by atoms with van der Waals surface area (Å²) in [6, 6.07) is 6.09. The van der Waals surface area contributed by atoms with Gasteiger partial charge in [-0.2, -0.15) is 0 Å². The van der Waals surface area contributed by atoms with Gasteiger partial charge in [0, 0.05) is 29.5 Å². The fraction of sp³-hybridized carbons (Fsp3) is 0.308. The maximum Gasteiger partial charge on any atom is 0.226 e. The number of aromatic nitrogens is 1. The Kier molecular flexibility index (Phi) is 2.76. The maximum atomic E-state index is 5.86. The smallest absolute Gasteiger partial charge is 0.226 e. The Labute approximate surface area is 108 Å². The van der Waals surface area contributed by atoms with Gasteiger partial charge in [0.05, 0.1) is 5.69 Å². The van der Waals surface area contributed by atoms with Crippen LogP contribution < -0.4 is 5.32 Å². The molecule has 0 amide bonds. The summed E-state index contributed by atoms with van der Waals surface area (Å²) < 4.78 is 6.94. The molecule has 0 aliphatic carbocycles. The lowest BCUT2D eigenvalue weighted by Crippen LogP contribution is -2.22. The average Bonchev–Trinajstić information content (AvgIpc) is 2.76. The van der Waals surface area contributed by atoms with Crippen LogP contribution in [-0.2, 0) is 13.0 Å². The van der Waals surface area contributed by atoms with E-state index in [-0.39, 0.29) is 0 Å². The molecule has 0 saturated carbocycles. The van der Waals surface area contributed by atoms with Gasteiger partial charge in [0.25, 0.3) is 0 Å². The molecule has 0 spiro atoms. The first-order valence-corrected chi connectivity index (χ1v) is 6.50. The fourth-order valence-electron chi connectivity index (χ4n) is 2.08. The SMILES string of the molecule is Cc1c(Br)cccc1-c1nc2c(o1)CCNC2. The van der Waals surface area contributed by atoms with E-state index < -0.39 is 0 Å². The first kappa shape index (κ1) is 11.0. The van der Waals surface area contributed by atoms with Crippen molar-refractivity contribution in [3.05, 3.63) is 39.7 Å². The Hall–Kier alpha value is -1.13. The van der Waals surface area contributed by atoms with Crippen molar-refractivity contribution < 1.29 is 4.42 Å². The number of fused-ring (bicyclic) bond motifs is 1. The molecule has 4 heteroatoms. The summed E-state index contributed by atoms with van der Waals surface area (Å²) in [7, 11) is 0. The number of nitrogens with zero attached hydrogens (tertiary/aromatic N) is 1. The molecular formula is C13H13BrN2O. The van der Waals surface area contributed by atoms with E-state index in [4.69, 9.17) is 4.42 Å². The van der Waals surface area contributed by atoms with Crippen molar-refractivity contribution in [2.24, 2.45) is 0 Å². The quantitative estimate of drug-likeness (QED) is 0.878. The minimum absolute atomic E-state index is 0.734. The van der Waals surface area contributed by atoms with Gasteiger partial charge < -0.3 is 9.73 Å². The number of benzene rings is 1. The molecule has 2 aromatic rings. The summed E-state index contributed by atoms with van der Waals surface area (Å²) in [6.07, 6.45) is 0.926. The molecular weight excluding hydrogens is 280 g/mol. The summed E-state index contributed by atoms with van der Waals surface area (Å²) >= 11 is 3.53. The van der Waals surface area contributed by atoms with E-state index in [2.05, 4.69) is 33.2 Å². The third-order valence-electron chi connectivity index (χ3n) is 3.10. The van der Waals surface area contributed by atoms with Crippen molar-refractivity contribution >= 4 is 15.9 Å². The van der Waals surface area contributed by atoms with Crippen LogP contribution in [0.1, 0.15) is 17.0 Å². The van der Waals surface area contributed by atoms with Gasteiger partial charge in [0.1, 0.15) is 5.76 Å². The van der Waals surface area contributed by atoms with Gasteiger partial charge in [0.15, 0.2) is 0 Å². The number of nitrogens with one attached hydrogen (secondary N) is 1. The first-order valence-electron chi connectivity index (χ1n) is 5.70. The van der Waals surface area contributed by atoms with Gasteiger partial charge in [-0.25, -0.2) is 4.98 Å². The first-order chi connectivity index (χ1) is 8.25. The summed E-state index contributed by atoms with van der Waals surface area (Å²) in [5.74, 6) is 1.76. The lowest BCUT2D eigenvalue weighted by molar-refractivity contribution is 0.483. The molecule has 88 valence electrons. The predicted octanol–water partition coefficient (Wildman–Crippen LogP) is 3.06. The van der Waals surface area contributed by atoms with Crippen molar-refractivity contribution in [1.82, 2.24) is 10.3 Å². The van der Waals surface area contributed by atoms with E-state index in [0.717, 1.165) is 46.9 Å². The second-order valence-corrected chi connectivity index (χ2v) is 5.08. The number of oxazole rings is 1. The number of hydrogen-bond acceptors (Lipinski definition) is 3. The highest BCUT2D eigenvalue weighted by atomic mass is 79.9. The van der Waals surface area contributed by atoms with Crippen LogP contribution in [0.3, 0.4) is 0 Å². The van der Waals surface area contributed by atoms with Crippen LogP contribution in [0.25, 0.3) is 11.5 Å². The predicted molar refractivity (Wildman–Crippen MR) is 69.8 cm³/mol. The summed E-state index contributed by atoms with van der Waals surface area (Å²) in [5.41, 5.74) is 3.28. The minimum Gasteiger partial charge on any atom is -0.441 e. The monoisotopic (exact) mass is 292 g/mol. The number of hydrogen-bond donors (Lipinski definition) is 1. The summed E-state index contributed by atoms with van der Waals surface area (Å²) in [5, 5.41) is 3.30. The minimum atomic E-state index is 0.734. The molecule has 1 aliphatic rings. The van der Waals surface area contributed by atoms with Crippen LogP contribution >= 0.6 is 15.9 Å². The van der Waals surface area contributed by atoms with Crippen molar-refractivity contribution in [1.29, 1.82) is 0 Å². The maximum absolute atomic E-state index is 5.86.